The van der Waals surface area contributed by atoms with Crippen molar-refractivity contribution in [1.82, 2.24) is 14.4 Å². The van der Waals surface area contributed by atoms with E-state index < -0.39 is 0 Å². The number of aromatic nitrogens is 1. The van der Waals surface area contributed by atoms with Gasteiger partial charge in [0.05, 0.1) is 17.3 Å². The molecule has 1 aromatic heterocycles. The van der Waals surface area contributed by atoms with E-state index in [-0.39, 0.29) is 5.91 Å². The van der Waals surface area contributed by atoms with E-state index >= 15 is 0 Å². The van der Waals surface area contributed by atoms with E-state index in [1.807, 2.05) is 23.1 Å². The summed E-state index contributed by atoms with van der Waals surface area (Å²) in [6.45, 7) is 6.60. The van der Waals surface area contributed by atoms with E-state index in [4.69, 9.17) is 11.6 Å². The van der Waals surface area contributed by atoms with Crippen molar-refractivity contribution in [2.75, 3.05) is 37.6 Å². The molecule has 144 valence electrons. The number of nitrogens with zero attached hydrogens (tertiary/aromatic N) is 4. The molecule has 2 aliphatic heterocycles. The van der Waals surface area contributed by atoms with Crippen molar-refractivity contribution in [2.45, 2.75) is 25.9 Å². The van der Waals surface area contributed by atoms with Gasteiger partial charge in [-0.3, -0.25) is 9.69 Å². The SMILES string of the molecule is Cn1c(CN2CCN(c3ccccc3Cl)CC2)ccc1CN1CCCC1=O. The fourth-order valence-electron chi connectivity index (χ4n) is 4.07. The van der Waals surface area contributed by atoms with Gasteiger partial charge in [-0.2, -0.15) is 0 Å². The molecule has 2 aromatic rings. The lowest BCUT2D eigenvalue weighted by Gasteiger charge is -2.36. The molecule has 4 rings (SSSR count). The van der Waals surface area contributed by atoms with Gasteiger partial charge in [-0.15, -0.1) is 0 Å². The molecule has 0 atom stereocenters. The van der Waals surface area contributed by atoms with Crippen molar-refractivity contribution >= 4 is 23.2 Å². The maximum Gasteiger partial charge on any atom is 0.222 e. The van der Waals surface area contributed by atoms with Crippen molar-refractivity contribution < 1.29 is 4.79 Å². The highest BCUT2D eigenvalue weighted by Crippen LogP contribution is 2.26. The third-order valence-corrected chi connectivity index (χ3v) is 6.12. The van der Waals surface area contributed by atoms with Gasteiger partial charge in [0.1, 0.15) is 0 Å². The second-order valence-electron chi connectivity index (χ2n) is 7.51. The van der Waals surface area contributed by atoms with Crippen LogP contribution in [-0.2, 0) is 24.9 Å². The van der Waals surface area contributed by atoms with Crippen LogP contribution < -0.4 is 4.90 Å². The first-order valence-electron chi connectivity index (χ1n) is 9.75. The molecule has 0 aliphatic carbocycles. The summed E-state index contributed by atoms with van der Waals surface area (Å²) in [5, 5.41) is 0.828. The number of halogens is 1. The molecule has 6 heteroatoms. The van der Waals surface area contributed by atoms with Gasteiger partial charge in [-0.25, -0.2) is 0 Å². The minimum absolute atomic E-state index is 0.286. The molecule has 1 aromatic carbocycles. The number of hydrogen-bond acceptors (Lipinski definition) is 3. The van der Waals surface area contributed by atoms with Crippen molar-refractivity contribution in [3.8, 4) is 0 Å². The fourth-order valence-corrected chi connectivity index (χ4v) is 4.32. The summed E-state index contributed by atoms with van der Waals surface area (Å²) < 4.78 is 2.26. The minimum atomic E-state index is 0.286. The van der Waals surface area contributed by atoms with Crippen LogP contribution in [0.4, 0.5) is 5.69 Å². The third-order valence-electron chi connectivity index (χ3n) is 5.81. The van der Waals surface area contributed by atoms with Gasteiger partial charge in [0.25, 0.3) is 0 Å². The number of rotatable bonds is 5. The molecule has 1 amide bonds. The lowest BCUT2D eigenvalue weighted by molar-refractivity contribution is -0.128. The molecular weight excluding hydrogens is 360 g/mol. The minimum Gasteiger partial charge on any atom is -0.368 e. The molecular formula is C21H27ClN4O. The molecule has 0 spiro atoms. The van der Waals surface area contributed by atoms with Gasteiger partial charge in [0.2, 0.25) is 5.91 Å². The molecule has 2 fully saturated rings. The van der Waals surface area contributed by atoms with Crippen LogP contribution in [0.25, 0.3) is 0 Å². The molecule has 2 aliphatic rings. The van der Waals surface area contributed by atoms with E-state index in [0.29, 0.717) is 6.42 Å². The Balaban J connectivity index is 1.34. The van der Waals surface area contributed by atoms with Crippen molar-refractivity contribution in [2.24, 2.45) is 7.05 Å². The summed E-state index contributed by atoms with van der Waals surface area (Å²) >= 11 is 6.34. The lowest BCUT2D eigenvalue weighted by atomic mass is 10.2. The summed E-state index contributed by atoms with van der Waals surface area (Å²) in [5.41, 5.74) is 3.66. The summed E-state index contributed by atoms with van der Waals surface area (Å²) in [6, 6.07) is 12.5. The molecule has 0 radical (unpaired) electrons. The number of carbonyl (C=O) groups excluding carboxylic acids is 1. The number of amides is 1. The molecule has 5 nitrogen and oxygen atoms in total. The van der Waals surface area contributed by atoms with Crippen molar-refractivity contribution in [3.63, 3.8) is 0 Å². The van der Waals surface area contributed by atoms with E-state index in [1.54, 1.807) is 0 Å². The highest BCUT2D eigenvalue weighted by molar-refractivity contribution is 6.33. The van der Waals surface area contributed by atoms with Gasteiger partial charge >= 0.3 is 0 Å². The Kier molecular flexibility index (Phi) is 5.41. The predicted molar refractivity (Wildman–Crippen MR) is 109 cm³/mol. The second kappa shape index (κ2) is 7.95. The topological polar surface area (TPSA) is 31.7 Å². The molecule has 2 saturated heterocycles. The van der Waals surface area contributed by atoms with Crippen LogP contribution in [0.1, 0.15) is 24.2 Å². The van der Waals surface area contributed by atoms with Gasteiger partial charge in [0, 0.05) is 64.1 Å². The first kappa shape index (κ1) is 18.4. The predicted octanol–water partition coefficient (Wildman–Crippen LogP) is 3.12. The maximum atomic E-state index is 11.9. The van der Waals surface area contributed by atoms with Gasteiger partial charge in [-0.05, 0) is 30.7 Å². The van der Waals surface area contributed by atoms with Gasteiger partial charge in [0.15, 0.2) is 0 Å². The van der Waals surface area contributed by atoms with E-state index in [0.717, 1.165) is 62.9 Å². The average Bonchev–Trinajstić information content (AvgIpc) is 3.23. The normalized spacial score (nSPS) is 18.5. The van der Waals surface area contributed by atoms with Crippen LogP contribution in [0.3, 0.4) is 0 Å². The summed E-state index contributed by atoms with van der Waals surface area (Å²) in [5.74, 6) is 0.286. The van der Waals surface area contributed by atoms with E-state index in [9.17, 15) is 4.79 Å². The standard InChI is InChI=1S/C21H27ClN4O/c1-23-17(8-9-18(23)16-26-10-4-7-21(26)27)15-24-11-13-25(14-12-24)20-6-3-2-5-19(20)22/h2-3,5-6,8-9H,4,7,10-16H2,1H3. The number of anilines is 1. The number of likely N-dealkylation sites (tertiary alicyclic amines) is 1. The zero-order valence-electron chi connectivity index (χ0n) is 15.9. The molecule has 3 heterocycles. The number of piperazine rings is 1. The number of para-hydroxylation sites is 1. The molecule has 0 bridgehead atoms. The summed E-state index contributed by atoms with van der Waals surface area (Å²) in [7, 11) is 2.12. The number of benzene rings is 1. The van der Waals surface area contributed by atoms with Gasteiger partial charge < -0.3 is 14.4 Å². The molecule has 0 saturated carbocycles. The Morgan fingerprint density at radius 2 is 1.63 bits per heavy atom. The van der Waals surface area contributed by atoms with Crippen molar-refractivity contribution in [3.05, 3.63) is 52.8 Å². The van der Waals surface area contributed by atoms with Crippen LogP contribution in [0.2, 0.25) is 5.02 Å². The first-order valence-corrected chi connectivity index (χ1v) is 10.1. The highest BCUT2D eigenvalue weighted by Gasteiger charge is 2.23. The van der Waals surface area contributed by atoms with Gasteiger partial charge in [-0.1, -0.05) is 23.7 Å². The third kappa shape index (κ3) is 3.99. The quantitative estimate of drug-likeness (QED) is 0.791. The van der Waals surface area contributed by atoms with Crippen LogP contribution >= 0.6 is 11.6 Å². The van der Waals surface area contributed by atoms with Crippen LogP contribution in [-0.4, -0.2) is 53.0 Å². The van der Waals surface area contributed by atoms with Crippen molar-refractivity contribution in [1.29, 1.82) is 0 Å². The Hall–Kier alpha value is -1.98. The highest BCUT2D eigenvalue weighted by atomic mass is 35.5. The van der Waals surface area contributed by atoms with E-state index in [1.165, 1.54) is 11.4 Å². The Morgan fingerprint density at radius 1 is 0.926 bits per heavy atom. The first-order chi connectivity index (χ1) is 13.1. The maximum absolute atomic E-state index is 11.9. The van der Waals surface area contributed by atoms with Crippen LogP contribution in [0, 0.1) is 0 Å². The monoisotopic (exact) mass is 386 g/mol. The number of hydrogen-bond donors (Lipinski definition) is 0. The fraction of sp³-hybridized carbons (Fsp3) is 0.476. The zero-order valence-corrected chi connectivity index (χ0v) is 16.7. The summed E-state index contributed by atoms with van der Waals surface area (Å²) in [4.78, 5) is 18.7. The number of carbonyl (C=O) groups is 1. The summed E-state index contributed by atoms with van der Waals surface area (Å²) in [6.07, 6.45) is 1.69. The largest absolute Gasteiger partial charge is 0.368 e. The molecule has 0 N–H and O–H groups in total. The molecule has 27 heavy (non-hydrogen) atoms. The average molecular weight is 387 g/mol. The van der Waals surface area contributed by atoms with Crippen LogP contribution in [0.5, 0.6) is 0 Å². The smallest absolute Gasteiger partial charge is 0.222 e. The zero-order chi connectivity index (χ0) is 18.8. The lowest BCUT2D eigenvalue weighted by Crippen LogP contribution is -2.46. The van der Waals surface area contributed by atoms with E-state index in [2.05, 4.69) is 39.6 Å². The Morgan fingerprint density at radius 3 is 2.30 bits per heavy atom. The Bertz CT molecular complexity index is 810. The molecule has 0 unspecified atom stereocenters. The second-order valence-corrected chi connectivity index (χ2v) is 7.92. The Labute approximate surface area is 166 Å². The van der Waals surface area contributed by atoms with Crippen LogP contribution in [0.15, 0.2) is 36.4 Å².